The number of halogens is 1. The minimum absolute atomic E-state index is 0. The van der Waals surface area contributed by atoms with Gasteiger partial charge in [-0.1, -0.05) is 13.3 Å². The first-order valence-electron chi connectivity index (χ1n) is 6.51. The number of hydrogen-bond donors (Lipinski definition) is 1. The summed E-state index contributed by atoms with van der Waals surface area (Å²) in [4.78, 5) is 6.40. The average molecular weight is 380 g/mol. The van der Waals surface area contributed by atoms with Crippen molar-refractivity contribution in [3.63, 3.8) is 0 Å². The highest BCUT2D eigenvalue weighted by Gasteiger charge is 2.07. The molecule has 0 aliphatic rings. The van der Waals surface area contributed by atoms with Crippen LogP contribution in [0.3, 0.4) is 0 Å². The highest BCUT2D eigenvalue weighted by atomic mass is 127. The van der Waals surface area contributed by atoms with Gasteiger partial charge in [0.15, 0.2) is 11.8 Å². The molecular weight excluding hydrogens is 355 g/mol. The van der Waals surface area contributed by atoms with E-state index in [1.807, 2.05) is 4.57 Å². The van der Waals surface area contributed by atoms with Gasteiger partial charge in [0.05, 0.1) is 6.54 Å². The van der Waals surface area contributed by atoms with Crippen molar-refractivity contribution in [1.82, 2.24) is 25.0 Å². The zero-order chi connectivity index (χ0) is 13.4. The number of unbranched alkanes of at least 4 members (excludes halogenated alkanes) is 1. The number of aliphatic imine (C=N–C) groups is 1. The Hall–Kier alpha value is -0.860. The summed E-state index contributed by atoms with van der Waals surface area (Å²) in [6, 6.07) is 0. The molecule has 0 aromatic carbocycles. The molecule has 0 unspecified atom stereocenters. The van der Waals surface area contributed by atoms with Crippen LogP contribution < -0.4 is 5.32 Å². The van der Waals surface area contributed by atoms with Gasteiger partial charge < -0.3 is 14.8 Å². The second-order valence-corrected chi connectivity index (χ2v) is 4.21. The first-order valence-corrected chi connectivity index (χ1v) is 6.51. The minimum atomic E-state index is 0. The summed E-state index contributed by atoms with van der Waals surface area (Å²) < 4.78 is 2.02. The molecule has 6 nitrogen and oxygen atoms in total. The zero-order valence-electron chi connectivity index (χ0n) is 12.3. The van der Waals surface area contributed by atoms with E-state index in [9.17, 15) is 0 Å². The fourth-order valence-electron chi connectivity index (χ4n) is 1.72. The molecule has 0 saturated carbocycles. The Morgan fingerprint density at radius 1 is 1.47 bits per heavy atom. The molecule has 7 heteroatoms. The maximum Gasteiger partial charge on any atom is 0.193 e. The molecule has 0 radical (unpaired) electrons. The summed E-state index contributed by atoms with van der Waals surface area (Å²) in [5.41, 5.74) is 0. The third-order valence-electron chi connectivity index (χ3n) is 2.86. The van der Waals surface area contributed by atoms with E-state index in [1.54, 1.807) is 13.4 Å². The van der Waals surface area contributed by atoms with Gasteiger partial charge in [-0.25, -0.2) is 0 Å². The van der Waals surface area contributed by atoms with Crippen LogP contribution in [-0.4, -0.2) is 46.3 Å². The number of nitrogens with zero attached hydrogens (tertiary/aromatic N) is 5. The largest absolute Gasteiger partial charge is 0.349 e. The lowest BCUT2D eigenvalue weighted by molar-refractivity contribution is 0.462. The van der Waals surface area contributed by atoms with Crippen LogP contribution in [0.1, 0.15) is 32.5 Å². The molecular formula is C12H25IN6. The molecule has 1 heterocycles. The summed E-state index contributed by atoms with van der Waals surface area (Å²) in [5.74, 6) is 1.83. The lowest BCUT2D eigenvalue weighted by atomic mass is 10.3. The average Bonchev–Trinajstić information content (AvgIpc) is 2.84. The van der Waals surface area contributed by atoms with Gasteiger partial charge >= 0.3 is 0 Å². The molecule has 1 aromatic heterocycles. The Kier molecular flexibility index (Phi) is 9.54. The van der Waals surface area contributed by atoms with Crippen molar-refractivity contribution in [2.45, 2.75) is 39.8 Å². The Morgan fingerprint density at radius 3 is 2.79 bits per heavy atom. The van der Waals surface area contributed by atoms with Gasteiger partial charge in [-0.15, -0.1) is 34.2 Å². The van der Waals surface area contributed by atoms with E-state index in [0.717, 1.165) is 24.9 Å². The number of rotatable bonds is 6. The Labute approximate surface area is 132 Å². The first kappa shape index (κ1) is 18.1. The van der Waals surface area contributed by atoms with Crippen molar-refractivity contribution < 1.29 is 0 Å². The lowest BCUT2D eigenvalue weighted by Crippen LogP contribution is -2.39. The minimum Gasteiger partial charge on any atom is -0.349 e. The van der Waals surface area contributed by atoms with Crippen LogP contribution in [0.25, 0.3) is 0 Å². The van der Waals surface area contributed by atoms with Crippen molar-refractivity contribution in [3.05, 3.63) is 12.2 Å². The number of hydrogen-bond acceptors (Lipinski definition) is 3. The summed E-state index contributed by atoms with van der Waals surface area (Å²) in [5, 5.41) is 11.3. The van der Waals surface area contributed by atoms with E-state index in [2.05, 4.69) is 46.3 Å². The molecule has 0 spiro atoms. The molecule has 0 bridgehead atoms. The maximum absolute atomic E-state index is 4.27. The summed E-state index contributed by atoms with van der Waals surface area (Å²) in [6.45, 7) is 6.81. The molecule has 0 fully saturated rings. The molecule has 110 valence electrons. The molecule has 0 saturated heterocycles. The molecule has 0 amide bonds. The van der Waals surface area contributed by atoms with Crippen LogP contribution >= 0.6 is 24.0 Å². The zero-order valence-corrected chi connectivity index (χ0v) is 14.6. The van der Waals surface area contributed by atoms with Crippen molar-refractivity contribution in [1.29, 1.82) is 0 Å². The Balaban J connectivity index is 0.00000324. The van der Waals surface area contributed by atoms with Crippen LogP contribution in [0.2, 0.25) is 0 Å². The summed E-state index contributed by atoms with van der Waals surface area (Å²) in [7, 11) is 3.85. The van der Waals surface area contributed by atoms with E-state index < -0.39 is 0 Å². The summed E-state index contributed by atoms with van der Waals surface area (Å²) in [6.07, 6.45) is 4.11. The van der Waals surface area contributed by atoms with E-state index >= 15 is 0 Å². The second kappa shape index (κ2) is 9.99. The summed E-state index contributed by atoms with van der Waals surface area (Å²) >= 11 is 0. The molecule has 0 aliphatic carbocycles. The van der Waals surface area contributed by atoms with E-state index in [0.29, 0.717) is 6.54 Å². The molecule has 1 rings (SSSR count). The third-order valence-corrected chi connectivity index (χ3v) is 2.86. The second-order valence-electron chi connectivity index (χ2n) is 4.21. The van der Waals surface area contributed by atoms with Gasteiger partial charge in [0.1, 0.15) is 6.33 Å². The van der Waals surface area contributed by atoms with Crippen molar-refractivity contribution in [2.75, 3.05) is 20.6 Å². The highest BCUT2D eigenvalue weighted by Crippen LogP contribution is 1.96. The predicted molar refractivity (Wildman–Crippen MR) is 88.8 cm³/mol. The fraction of sp³-hybridized carbons (Fsp3) is 0.750. The molecule has 1 aromatic rings. The number of nitrogens with one attached hydrogen (secondary N) is 1. The van der Waals surface area contributed by atoms with Crippen LogP contribution in [-0.2, 0) is 13.1 Å². The van der Waals surface area contributed by atoms with Gasteiger partial charge in [-0.3, -0.25) is 4.99 Å². The number of aryl methyl sites for hydroxylation is 1. The standard InChI is InChI=1S/C12H24N6.HI/c1-5-7-8-17(4)12(13-3)14-9-11-16-15-10-18(11)6-2;/h10H,5-9H2,1-4H3,(H,13,14);1H. The normalized spacial score (nSPS) is 11.1. The number of guanidine groups is 1. The Morgan fingerprint density at radius 2 is 2.21 bits per heavy atom. The quantitative estimate of drug-likeness (QED) is 0.464. The van der Waals surface area contributed by atoms with E-state index in [4.69, 9.17) is 0 Å². The van der Waals surface area contributed by atoms with Crippen molar-refractivity contribution in [2.24, 2.45) is 4.99 Å². The van der Waals surface area contributed by atoms with Gasteiger partial charge in [0, 0.05) is 27.2 Å². The SMILES string of the molecule is CCCCN(C)C(=NC)NCc1nncn1CC.I. The topological polar surface area (TPSA) is 58.3 Å². The first-order chi connectivity index (χ1) is 8.72. The van der Waals surface area contributed by atoms with E-state index in [1.165, 1.54) is 12.8 Å². The van der Waals surface area contributed by atoms with Crippen molar-refractivity contribution >= 4 is 29.9 Å². The lowest BCUT2D eigenvalue weighted by Gasteiger charge is -2.21. The smallest absolute Gasteiger partial charge is 0.193 e. The van der Waals surface area contributed by atoms with Gasteiger partial charge in [-0.05, 0) is 13.3 Å². The van der Waals surface area contributed by atoms with E-state index in [-0.39, 0.29) is 24.0 Å². The third kappa shape index (κ3) is 5.75. The highest BCUT2D eigenvalue weighted by molar-refractivity contribution is 14.0. The predicted octanol–water partition coefficient (Wildman–Crippen LogP) is 1.72. The van der Waals surface area contributed by atoms with Crippen LogP contribution in [0, 0.1) is 0 Å². The van der Waals surface area contributed by atoms with Crippen LogP contribution in [0.4, 0.5) is 0 Å². The maximum atomic E-state index is 4.27. The molecule has 1 N–H and O–H groups in total. The van der Waals surface area contributed by atoms with Gasteiger partial charge in [0.25, 0.3) is 0 Å². The Bertz CT molecular complexity index is 376. The van der Waals surface area contributed by atoms with Gasteiger partial charge in [-0.2, -0.15) is 0 Å². The molecule has 0 atom stereocenters. The van der Waals surface area contributed by atoms with Gasteiger partial charge in [0.2, 0.25) is 0 Å². The fourth-order valence-corrected chi connectivity index (χ4v) is 1.72. The van der Waals surface area contributed by atoms with Crippen molar-refractivity contribution in [3.8, 4) is 0 Å². The van der Waals surface area contributed by atoms with Crippen LogP contribution in [0.5, 0.6) is 0 Å². The molecule has 0 aliphatic heterocycles. The monoisotopic (exact) mass is 380 g/mol. The van der Waals surface area contributed by atoms with Crippen LogP contribution in [0.15, 0.2) is 11.3 Å². The molecule has 19 heavy (non-hydrogen) atoms. The number of aromatic nitrogens is 3.